The Kier molecular flexibility index (Phi) is 3.52. The normalized spacial score (nSPS) is 10.3. The van der Waals surface area contributed by atoms with Gasteiger partial charge in [-0.15, -0.1) is 11.3 Å². The lowest BCUT2D eigenvalue weighted by molar-refractivity contribution is 0.0467. The van der Waals surface area contributed by atoms with Crippen LogP contribution in [0.15, 0.2) is 23.7 Å². The van der Waals surface area contributed by atoms with Crippen molar-refractivity contribution in [3.05, 3.63) is 45.9 Å². The highest BCUT2D eigenvalue weighted by Crippen LogP contribution is 2.18. The Morgan fingerprint density at radius 3 is 2.83 bits per heavy atom. The molecule has 18 heavy (non-hydrogen) atoms. The molecule has 0 radical (unpaired) electrons. The predicted molar refractivity (Wildman–Crippen MR) is 62.0 cm³/mol. The number of hydrogen-bond donors (Lipinski definition) is 1. The third-order valence-corrected chi connectivity index (χ3v) is 2.87. The van der Waals surface area contributed by atoms with E-state index in [0.717, 1.165) is 6.07 Å². The quantitative estimate of drug-likeness (QED) is 0.687. The number of nitrogens with zero attached hydrogens (tertiary/aromatic N) is 1. The van der Waals surface area contributed by atoms with Crippen LogP contribution in [0.3, 0.4) is 0 Å². The third-order valence-electron chi connectivity index (χ3n) is 2.12. The van der Waals surface area contributed by atoms with Crippen LogP contribution in [0.4, 0.5) is 14.5 Å². The molecule has 4 nitrogen and oxygen atoms in total. The molecule has 0 saturated heterocycles. The van der Waals surface area contributed by atoms with Gasteiger partial charge < -0.3 is 10.5 Å². The van der Waals surface area contributed by atoms with Gasteiger partial charge in [-0.05, 0) is 6.07 Å². The Labute approximate surface area is 105 Å². The number of halogens is 2. The van der Waals surface area contributed by atoms with Crippen LogP contribution in [0, 0.1) is 11.6 Å². The molecule has 2 aromatic rings. The first kappa shape index (κ1) is 12.4. The molecule has 0 bridgehead atoms. The van der Waals surface area contributed by atoms with Crippen LogP contribution in [-0.4, -0.2) is 11.0 Å². The Bertz CT molecular complexity index is 573. The number of nitrogen functional groups attached to an aromatic ring is 1. The molecule has 0 unspecified atom stereocenters. The zero-order valence-electron chi connectivity index (χ0n) is 9.02. The van der Waals surface area contributed by atoms with Crippen molar-refractivity contribution in [2.24, 2.45) is 0 Å². The summed E-state index contributed by atoms with van der Waals surface area (Å²) in [5, 5.41) is 2.30. The molecule has 2 rings (SSSR count). The van der Waals surface area contributed by atoms with E-state index in [1.165, 1.54) is 11.3 Å². The number of carbonyl (C=O) groups excluding carboxylic acids is 1. The van der Waals surface area contributed by atoms with E-state index in [1.807, 2.05) is 0 Å². The summed E-state index contributed by atoms with van der Waals surface area (Å²) in [6.07, 6.45) is 1.56. The average molecular weight is 270 g/mol. The average Bonchev–Trinajstić information content (AvgIpc) is 2.84. The van der Waals surface area contributed by atoms with Crippen LogP contribution in [0.25, 0.3) is 0 Å². The van der Waals surface area contributed by atoms with Crippen LogP contribution in [-0.2, 0) is 11.3 Å². The molecule has 94 valence electrons. The third kappa shape index (κ3) is 2.62. The number of rotatable bonds is 3. The lowest BCUT2D eigenvalue weighted by atomic mass is 10.2. The van der Waals surface area contributed by atoms with Crippen molar-refractivity contribution in [2.75, 3.05) is 5.73 Å². The van der Waals surface area contributed by atoms with Crippen molar-refractivity contribution in [3.8, 4) is 0 Å². The predicted octanol–water partition coefficient (Wildman–Crippen LogP) is 2.36. The van der Waals surface area contributed by atoms with Gasteiger partial charge >= 0.3 is 5.97 Å². The minimum absolute atomic E-state index is 0.0623. The van der Waals surface area contributed by atoms with Gasteiger partial charge in [0.15, 0.2) is 0 Å². The van der Waals surface area contributed by atoms with E-state index in [1.54, 1.807) is 11.6 Å². The Balaban J connectivity index is 2.11. The Hall–Kier alpha value is -2.02. The summed E-state index contributed by atoms with van der Waals surface area (Å²) in [5.41, 5.74) is 4.55. The summed E-state index contributed by atoms with van der Waals surface area (Å²) in [4.78, 5) is 15.5. The number of nitrogens with two attached hydrogens (primary N) is 1. The van der Waals surface area contributed by atoms with Crippen LogP contribution in [0.2, 0.25) is 0 Å². The summed E-state index contributed by atoms with van der Waals surface area (Å²) in [6.45, 7) is -0.0623. The number of ether oxygens (including phenoxy) is 1. The molecule has 0 atom stereocenters. The fourth-order valence-corrected chi connectivity index (χ4v) is 1.78. The number of esters is 1. The Morgan fingerprint density at radius 2 is 2.17 bits per heavy atom. The van der Waals surface area contributed by atoms with Gasteiger partial charge in [0, 0.05) is 17.6 Å². The zero-order valence-corrected chi connectivity index (χ0v) is 9.84. The molecule has 7 heteroatoms. The first-order valence-corrected chi connectivity index (χ1v) is 5.76. The molecule has 0 aliphatic heterocycles. The van der Waals surface area contributed by atoms with Crippen molar-refractivity contribution in [1.29, 1.82) is 0 Å². The minimum atomic E-state index is -1.01. The number of benzene rings is 1. The fourth-order valence-electron chi connectivity index (χ4n) is 1.25. The molecule has 1 aromatic heterocycles. The van der Waals surface area contributed by atoms with E-state index in [9.17, 15) is 13.6 Å². The van der Waals surface area contributed by atoms with Gasteiger partial charge in [0.2, 0.25) is 0 Å². The highest BCUT2D eigenvalue weighted by Gasteiger charge is 2.16. The summed E-state index contributed by atoms with van der Waals surface area (Å²) in [7, 11) is 0. The SMILES string of the molecule is Nc1cc(C(=O)OCc2nccs2)c(F)cc1F. The molecule has 0 spiro atoms. The van der Waals surface area contributed by atoms with Crippen molar-refractivity contribution in [3.63, 3.8) is 0 Å². The summed E-state index contributed by atoms with van der Waals surface area (Å²) in [5.74, 6) is -2.83. The standard InChI is InChI=1S/C11H8F2N2O2S/c12-7-4-8(13)9(14)3-6(7)11(16)17-5-10-15-1-2-18-10/h1-4H,5,14H2. The first-order valence-electron chi connectivity index (χ1n) is 4.88. The Morgan fingerprint density at radius 1 is 1.39 bits per heavy atom. The van der Waals surface area contributed by atoms with E-state index in [2.05, 4.69) is 4.98 Å². The first-order chi connectivity index (χ1) is 8.58. The smallest absolute Gasteiger partial charge is 0.341 e. The number of carbonyl (C=O) groups is 1. The zero-order chi connectivity index (χ0) is 13.1. The van der Waals surface area contributed by atoms with Gasteiger partial charge in [0.1, 0.15) is 23.2 Å². The van der Waals surface area contributed by atoms with Crippen molar-refractivity contribution in [2.45, 2.75) is 6.61 Å². The van der Waals surface area contributed by atoms with Crippen LogP contribution in [0.5, 0.6) is 0 Å². The fraction of sp³-hybridized carbons (Fsp3) is 0.0909. The second kappa shape index (κ2) is 5.09. The lowest BCUT2D eigenvalue weighted by Crippen LogP contribution is -2.09. The molecule has 0 saturated carbocycles. The molecule has 0 amide bonds. The molecule has 0 aliphatic rings. The molecule has 1 heterocycles. The molecule has 0 fully saturated rings. The molecular formula is C11H8F2N2O2S. The van der Waals surface area contributed by atoms with Crippen molar-refractivity contribution in [1.82, 2.24) is 4.98 Å². The number of thiazole rings is 1. The number of aromatic nitrogens is 1. The summed E-state index contributed by atoms with van der Waals surface area (Å²) < 4.78 is 31.1. The van der Waals surface area contributed by atoms with Gasteiger partial charge in [0.25, 0.3) is 0 Å². The molecule has 1 aromatic carbocycles. The van der Waals surface area contributed by atoms with Crippen LogP contribution in [0.1, 0.15) is 15.4 Å². The second-order valence-corrected chi connectivity index (χ2v) is 4.33. The van der Waals surface area contributed by atoms with E-state index < -0.39 is 23.2 Å². The molecule has 2 N–H and O–H groups in total. The minimum Gasteiger partial charge on any atom is -0.455 e. The molecule has 0 aliphatic carbocycles. The monoisotopic (exact) mass is 270 g/mol. The second-order valence-electron chi connectivity index (χ2n) is 3.36. The maximum atomic E-state index is 13.3. The topological polar surface area (TPSA) is 65.2 Å². The van der Waals surface area contributed by atoms with E-state index in [4.69, 9.17) is 10.5 Å². The van der Waals surface area contributed by atoms with Gasteiger partial charge in [0.05, 0.1) is 11.3 Å². The van der Waals surface area contributed by atoms with Gasteiger partial charge in [-0.3, -0.25) is 0 Å². The van der Waals surface area contributed by atoms with E-state index in [-0.39, 0.29) is 12.3 Å². The van der Waals surface area contributed by atoms with Crippen molar-refractivity contribution < 1.29 is 18.3 Å². The maximum Gasteiger partial charge on any atom is 0.341 e. The summed E-state index contributed by atoms with van der Waals surface area (Å²) >= 11 is 1.30. The van der Waals surface area contributed by atoms with E-state index >= 15 is 0 Å². The summed E-state index contributed by atoms with van der Waals surface area (Å²) in [6, 6.07) is 1.46. The van der Waals surface area contributed by atoms with Crippen molar-refractivity contribution >= 4 is 23.0 Å². The molecular weight excluding hydrogens is 262 g/mol. The largest absolute Gasteiger partial charge is 0.455 e. The number of anilines is 1. The lowest BCUT2D eigenvalue weighted by Gasteiger charge is -2.05. The highest BCUT2D eigenvalue weighted by molar-refractivity contribution is 7.09. The van der Waals surface area contributed by atoms with Crippen LogP contribution >= 0.6 is 11.3 Å². The van der Waals surface area contributed by atoms with E-state index in [0.29, 0.717) is 11.1 Å². The van der Waals surface area contributed by atoms with Gasteiger partial charge in [-0.25, -0.2) is 18.6 Å². The van der Waals surface area contributed by atoms with Gasteiger partial charge in [-0.1, -0.05) is 0 Å². The number of hydrogen-bond acceptors (Lipinski definition) is 5. The maximum absolute atomic E-state index is 13.3. The van der Waals surface area contributed by atoms with Crippen LogP contribution < -0.4 is 5.73 Å². The highest BCUT2D eigenvalue weighted by atomic mass is 32.1. The van der Waals surface area contributed by atoms with Gasteiger partial charge in [-0.2, -0.15) is 0 Å².